The van der Waals surface area contributed by atoms with E-state index in [2.05, 4.69) is 30.5 Å². The number of hydrogen-bond donors (Lipinski definition) is 3. The van der Waals surface area contributed by atoms with Crippen molar-refractivity contribution in [2.45, 2.75) is 219 Å². The third-order valence-electron chi connectivity index (χ3n) is 9.51. The van der Waals surface area contributed by atoms with Gasteiger partial charge in [0.05, 0.1) is 13.2 Å². The topological polar surface area (TPSA) is 172 Å². The van der Waals surface area contributed by atoms with Crippen LogP contribution in [0.15, 0.2) is 12.2 Å². The Morgan fingerprint density at radius 1 is 0.556 bits per heavy atom. The van der Waals surface area contributed by atoms with Gasteiger partial charge in [-0.3, -0.25) is 23.4 Å². The van der Waals surface area contributed by atoms with Crippen LogP contribution in [-0.4, -0.2) is 59.9 Å². The molecule has 0 spiro atoms. The van der Waals surface area contributed by atoms with E-state index in [1.54, 1.807) is 0 Å². The average Bonchev–Trinajstić information content (AvgIpc) is 3.14. The first kappa shape index (κ1) is 52.2. The van der Waals surface area contributed by atoms with Crippen LogP contribution in [0.4, 0.5) is 0 Å². The third-order valence-corrected chi connectivity index (χ3v) is 10.5. The number of carbonyl (C=O) groups excluding carboxylic acids is 2. The molecule has 0 aromatic carbocycles. The Morgan fingerprint density at radius 3 is 1.35 bits per heavy atom. The molecule has 0 aromatic heterocycles. The molecule has 11 nitrogen and oxygen atoms in total. The molecular formula is C42H80NO10P. The van der Waals surface area contributed by atoms with Gasteiger partial charge < -0.3 is 25.2 Å². The number of carboxylic acid groups (broad SMARTS) is 1. The lowest BCUT2D eigenvalue weighted by Crippen LogP contribution is -2.34. The molecule has 0 amide bonds. The number of nitrogens with two attached hydrogens (primary N) is 1. The molecule has 0 bridgehead atoms. The molecule has 318 valence electrons. The third kappa shape index (κ3) is 37.2. The van der Waals surface area contributed by atoms with Crippen molar-refractivity contribution in [3.05, 3.63) is 12.2 Å². The first-order chi connectivity index (χ1) is 26.1. The number of aliphatic carboxylic acids is 1. The zero-order chi connectivity index (χ0) is 40.0. The number of rotatable bonds is 41. The van der Waals surface area contributed by atoms with Crippen LogP contribution in [0.1, 0.15) is 206 Å². The van der Waals surface area contributed by atoms with Gasteiger partial charge in [-0.2, -0.15) is 0 Å². The number of hydrogen-bond acceptors (Lipinski definition) is 9. The van der Waals surface area contributed by atoms with Gasteiger partial charge in [-0.1, -0.05) is 167 Å². The van der Waals surface area contributed by atoms with E-state index < -0.39 is 51.1 Å². The highest BCUT2D eigenvalue weighted by atomic mass is 31.2. The number of phosphoric acid groups is 1. The quantitative estimate of drug-likeness (QED) is 0.0233. The smallest absolute Gasteiger partial charge is 0.472 e. The summed E-state index contributed by atoms with van der Waals surface area (Å²) in [4.78, 5) is 45.9. The van der Waals surface area contributed by atoms with Crippen LogP contribution in [0.3, 0.4) is 0 Å². The minimum atomic E-state index is -4.71. The largest absolute Gasteiger partial charge is 0.480 e. The summed E-state index contributed by atoms with van der Waals surface area (Å²) in [6.45, 7) is 2.80. The lowest BCUT2D eigenvalue weighted by atomic mass is 10.1. The first-order valence-electron chi connectivity index (χ1n) is 21.7. The summed E-state index contributed by atoms with van der Waals surface area (Å²) in [7, 11) is -4.71. The fourth-order valence-corrected chi connectivity index (χ4v) is 6.84. The molecule has 0 aliphatic rings. The summed E-state index contributed by atoms with van der Waals surface area (Å²) >= 11 is 0. The Balaban J connectivity index is 4.27. The maximum absolute atomic E-state index is 12.6. The van der Waals surface area contributed by atoms with Gasteiger partial charge in [-0.15, -0.1) is 0 Å². The predicted molar refractivity (Wildman–Crippen MR) is 217 cm³/mol. The fourth-order valence-electron chi connectivity index (χ4n) is 6.06. The second kappa shape index (κ2) is 38.1. The van der Waals surface area contributed by atoms with Gasteiger partial charge in [-0.25, -0.2) is 4.57 Å². The first-order valence-corrected chi connectivity index (χ1v) is 23.2. The van der Waals surface area contributed by atoms with Gasteiger partial charge in [0.1, 0.15) is 12.6 Å². The van der Waals surface area contributed by atoms with E-state index in [1.807, 2.05) is 0 Å². The highest BCUT2D eigenvalue weighted by Gasteiger charge is 2.28. The number of unbranched alkanes of at least 4 members (excludes halogenated alkanes) is 25. The normalized spacial score (nSPS) is 13.9. The molecule has 4 N–H and O–H groups in total. The Labute approximate surface area is 328 Å². The summed E-state index contributed by atoms with van der Waals surface area (Å²) in [5, 5.41) is 8.87. The number of esters is 2. The highest BCUT2D eigenvalue weighted by molar-refractivity contribution is 7.47. The highest BCUT2D eigenvalue weighted by Crippen LogP contribution is 2.43. The molecule has 0 radical (unpaired) electrons. The Hall–Kier alpha value is -1.78. The van der Waals surface area contributed by atoms with Gasteiger partial charge in [0.2, 0.25) is 0 Å². The number of carbonyl (C=O) groups is 3. The van der Waals surface area contributed by atoms with E-state index in [0.29, 0.717) is 12.8 Å². The number of phosphoric ester groups is 1. The summed E-state index contributed by atoms with van der Waals surface area (Å²) < 4.78 is 32.6. The standard InChI is InChI=1S/C42H80NO10P/c1-3-5-7-9-11-13-15-16-17-18-19-20-21-22-24-25-27-29-31-33-40(44)50-35-38(36-51-54(48,49)52-37-39(43)42(46)47)53-41(45)34-32-30-28-26-23-14-12-10-8-6-4-2/h16-17,38-39H,3-15,18-37,43H2,1-2H3,(H,46,47)(H,48,49)/b17-16-/t38-,39+/m1/s1. The van der Waals surface area contributed by atoms with Crippen LogP contribution in [0, 0.1) is 0 Å². The molecule has 0 saturated carbocycles. The second-order valence-corrected chi connectivity index (χ2v) is 16.3. The van der Waals surface area contributed by atoms with Crippen LogP contribution in [0.5, 0.6) is 0 Å². The number of allylic oxidation sites excluding steroid dienone is 2. The zero-order valence-electron chi connectivity index (χ0n) is 34.3. The molecule has 3 atom stereocenters. The molecule has 0 heterocycles. The van der Waals surface area contributed by atoms with Gasteiger partial charge in [0.25, 0.3) is 0 Å². The van der Waals surface area contributed by atoms with Crippen molar-refractivity contribution in [2.75, 3.05) is 19.8 Å². The second-order valence-electron chi connectivity index (χ2n) is 14.8. The molecule has 0 aromatic rings. The zero-order valence-corrected chi connectivity index (χ0v) is 35.2. The Morgan fingerprint density at radius 2 is 0.926 bits per heavy atom. The van der Waals surface area contributed by atoms with E-state index in [1.165, 1.54) is 128 Å². The van der Waals surface area contributed by atoms with Crippen LogP contribution < -0.4 is 5.73 Å². The fraction of sp³-hybridized carbons (Fsp3) is 0.881. The molecule has 0 rings (SSSR count). The lowest BCUT2D eigenvalue weighted by molar-refractivity contribution is -0.161. The minimum absolute atomic E-state index is 0.166. The van der Waals surface area contributed by atoms with Gasteiger partial charge in [0, 0.05) is 12.8 Å². The van der Waals surface area contributed by atoms with Crippen LogP contribution in [0.2, 0.25) is 0 Å². The summed E-state index contributed by atoms with van der Waals surface area (Å²) in [6.07, 6.45) is 37.1. The molecule has 0 saturated heterocycles. The Bertz CT molecular complexity index is 979. The molecule has 1 unspecified atom stereocenters. The van der Waals surface area contributed by atoms with Gasteiger partial charge >= 0.3 is 25.7 Å². The van der Waals surface area contributed by atoms with Gasteiger partial charge in [0.15, 0.2) is 6.10 Å². The summed E-state index contributed by atoms with van der Waals surface area (Å²) in [5.41, 5.74) is 5.33. The van der Waals surface area contributed by atoms with E-state index in [0.717, 1.165) is 38.5 Å². The van der Waals surface area contributed by atoms with Gasteiger partial charge in [-0.05, 0) is 38.5 Å². The maximum Gasteiger partial charge on any atom is 0.472 e. The number of ether oxygens (including phenoxy) is 2. The monoisotopic (exact) mass is 790 g/mol. The van der Waals surface area contributed by atoms with E-state index in [9.17, 15) is 23.8 Å². The van der Waals surface area contributed by atoms with Crippen LogP contribution in [0.25, 0.3) is 0 Å². The minimum Gasteiger partial charge on any atom is -0.480 e. The average molecular weight is 790 g/mol. The molecule has 54 heavy (non-hydrogen) atoms. The maximum atomic E-state index is 12.6. The lowest BCUT2D eigenvalue weighted by Gasteiger charge is -2.20. The predicted octanol–water partition coefficient (Wildman–Crippen LogP) is 11.3. The molecular weight excluding hydrogens is 709 g/mol. The van der Waals surface area contributed by atoms with E-state index >= 15 is 0 Å². The number of carboxylic acids is 1. The van der Waals surface area contributed by atoms with Crippen molar-refractivity contribution in [3.63, 3.8) is 0 Å². The SMILES string of the molecule is CCCCCCCC/C=C\CCCCCCCCCCCC(=O)OC[C@H](COP(=O)(O)OC[C@H](N)C(=O)O)OC(=O)CCCCCCCCCCCCC. The molecule has 12 heteroatoms. The Kier molecular flexibility index (Phi) is 36.9. The van der Waals surface area contributed by atoms with Crippen molar-refractivity contribution in [3.8, 4) is 0 Å². The van der Waals surface area contributed by atoms with Crippen LogP contribution >= 0.6 is 7.82 Å². The van der Waals surface area contributed by atoms with Crippen molar-refractivity contribution in [1.82, 2.24) is 0 Å². The molecule has 0 fully saturated rings. The summed E-state index contributed by atoms with van der Waals surface area (Å²) in [5.74, 6) is -2.37. The van der Waals surface area contributed by atoms with Crippen molar-refractivity contribution < 1.29 is 47.5 Å². The summed E-state index contributed by atoms with van der Waals surface area (Å²) in [6, 6.07) is -1.52. The van der Waals surface area contributed by atoms with Crippen LogP contribution in [-0.2, 0) is 37.5 Å². The molecule has 0 aliphatic heterocycles. The van der Waals surface area contributed by atoms with E-state index in [4.69, 9.17) is 24.8 Å². The van der Waals surface area contributed by atoms with Crippen molar-refractivity contribution in [1.29, 1.82) is 0 Å². The molecule has 0 aliphatic carbocycles. The van der Waals surface area contributed by atoms with E-state index in [-0.39, 0.29) is 19.4 Å². The van der Waals surface area contributed by atoms with Crippen molar-refractivity contribution in [2.24, 2.45) is 5.73 Å². The van der Waals surface area contributed by atoms with Crippen molar-refractivity contribution >= 4 is 25.7 Å².